The number of nitrogens with two attached hydrogens (primary N) is 1. The highest BCUT2D eigenvalue weighted by molar-refractivity contribution is 6.30. The average molecular weight is 456 g/mol. The Balaban J connectivity index is 1.29. The number of nitrogens with one attached hydrogen (secondary N) is 1. The topological polar surface area (TPSA) is 95.1 Å². The predicted molar refractivity (Wildman–Crippen MR) is 126 cm³/mol. The Labute approximate surface area is 193 Å². The molecule has 32 heavy (non-hydrogen) atoms. The van der Waals surface area contributed by atoms with E-state index in [4.69, 9.17) is 22.1 Å². The number of halogens is 1. The van der Waals surface area contributed by atoms with Gasteiger partial charge in [-0.25, -0.2) is 0 Å². The van der Waals surface area contributed by atoms with Crippen molar-refractivity contribution in [3.8, 4) is 0 Å². The molecule has 1 aromatic carbocycles. The first-order valence-electron chi connectivity index (χ1n) is 11.3. The van der Waals surface area contributed by atoms with Crippen LogP contribution in [0.5, 0.6) is 0 Å². The minimum Gasteiger partial charge on any atom is -0.385 e. The standard InChI is InChI=1S/C23H30ClN7O/c1-15-10-20(27-26-15)21-13-31(19(14-32-21)11-16-2-4-17(24)5-3-16)18-6-8-30(9-7-18)23-12-22(25)28-29-23/h2-5,10,18-19,21H,6-9,11-14H2,1H3,(H2,25,28)(H,26,27)/t19-,21+/m0/s1. The van der Waals surface area contributed by atoms with Crippen molar-refractivity contribution in [1.29, 1.82) is 0 Å². The SMILES string of the molecule is Cc1cc([C@H]2CN(C3CCN(C4=NN=C(N)C4)CC3)[C@@H](Cc3ccc(Cl)cc3)CO2)[nH]n1. The lowest BCUT2D eigenvalue weighted by molar-refractivity contribution is -0.0884. The first-order chi connectivity index (χ1) is 15.5. The summed E-state index contributed by atoms with van der Waals surface area (Å²) in [6.45, 7) is 5.52. The summed E-state index contributed by atoms with van der Waals surface area (Å²) in [4.78, 5) is 5.00. The zero-order chi connectivity index (χ0) is 22.1. The van der Waals surface area contributed by atoms with Gasteiger partial charge in [-0.05, 0) is 49.9 Å². The molecule has 3 N–H and O–H groups in total. The van der Waals surface area contributed by atoms with Crippen LogP contribution in [0.3, 0.4) is 0 Å². The van der Waals surface area contributed by atoms with Crippen LogP contribution in [0.4, 0.5) is 0 Å². The zero-order valence-corrected chi connectivity index (χ0v) is 19.1. The minimum absolute atomic E-state index is 0.0168. The lowest BCUT2D eigenvalue weighted by Crippen LogP contribution is -2.55. The third kappa shape index (κ3) is 4.67. The summed E-state index contributed by atoms with van der Waals surface area (Å²) in [5.74, 6) is 1.61. The molecule has 0 saturated carbocycles. The molecule has 0 spiro atoms. The maximum atomic E-state index is 6.32. The van der Waals surface area contributed by atoms with E-state index in [1.807, 2.05) is 19.1 Å². The summed E-state index contributed by atoms with van der Waals surface area (Å²) in [6.07, 6.45) is 3.81. The first kappa shape index (κ1) is 21.4. The Morgan fingerprint density at radius 3 is 2.62 bits per heavy atom. The van der Waals surface area contributed by atoms with E-state index in [0.717, 1.165) is 61.1 Å². The van der Waals surface area contributed by atoms with Gasteiger partial charge in [0.1, 0.15) is 17.8 Å². The van der Waals surface area contributed by atoms with Crippen molar-refractivity contribution in [2.45, 2.75) is 50.8 Å². The molecule has 0 aliphatic carbocycles. The number of hydrogen-bond donors (Lipinski definition) is 2. The molecule has 170 valence electrons. The van der Waals surface area contributed by atoms with E-state index in [0.29, 0.717) is 30.9 Å². The number of likely N-dealkylation sites (tertiary alicyclic amines) is 1. The predicted octanol–water partition coefficient (Wildman–Crippen LogP) is 2.89. The molecule has 2 atom stereocenters. The van der Waals surface area contributed by atoms with Gasteiger partial charge < -0.3 is 15.4 Å². The number of piperidine rings is 1. The van der Waals surface area contributed by atoms with Gasteiger partial charge in [0.2, 0.25) is 0 Å². The summed E-state index contributed by atoms with van der Waals surface area (Å²) in [7, 11) is 0. The van der Waals surface area contributed by atoms with Crippen LogP contribution in [-0.4, -0.2) is 70.0 Å². The van der Waals surface area contributed by atoms with E-state index in [2.05, 4.69) is 48.4 Å². The molecule has 0 amide bonds. The third-order valence-corrected chi connectivity index (χ3v) is 6.98. The maximum absolute atomic E-state index is 6.32. The van der Waals surface area contributed by atoms with E-state index in [1.165, 1.54) is 5.56 Å². The monoisotopic (exact) mass is 455 g/mol. The van der Waals surface area contributed by atoms with Gasteiger partial charge in [0.15, 0.2) is 0 Å². The molecule has 3 aliphatic rings. The van der Waals surface area contributed by atoms with E-state index in [-0.39, 0.29) is 6.10 Å². The van der Waals surface area contributed by atoms with Crippen LogP contribution < -0.4 is 5.73 Å². The second kappa shape index (κ2) is 9.21. The van der Waals surface area contributed by atoms with Crippen LogP contribution in [-0.2, 0) is 11.2 Å². The summed E-state index contributed by atoms with van der Waals surface area (Å²) < 4.78 is 6.32. The molecule has 0 unspecified atom stereocenters. The lowest BCUT2D eigenvalue weighted by atomic mass is 9.95. The molecule has 8 nitrogen and oxygen atoms in total. The average Bonchev–Trinajstić information content (AvgIpc) is 3.44. The quantitative estimate of drug-likeness (QED) is 0.739. The number of aryl methyl sites for hydroxylation is 1. The van der Waals surface area contributed by atoms with Crippen molar-refractivity contribution < 1.29 is 4.74 Å². The summed E-state index contributed by atoms with van der Waals surface area (Å²) in [6, 6.07) is 11.1. The van der Waals surface area contributed by atoms with Crippen molar-refractivity contribution in [1.82, 2.24) is 20.0 Å². The molecule has 3 aliphatic heterocycles. The van der Waals surface area contributed by atoms with Gasteiger partial charge in [-0.3, -0.25) is 10.00 Å². The van der Waals surface area contributed by atoms with Gasteiger partial charge in [-0.2, -0.15) is 5.10 Å². The molecule has 2 fully saturated rings. The summed E-state index contributed by atoms with van der Waals surface area (Å²) in [5.41, 5.74) is 9.16. The Bertz CT molecular complexity index is 994. The molecule has 0 bridgehead atoms. The Kier molecular flexibility index (Phi) is 6.17. The fourth-order valence-corrected chi connectivity index (χ4v) is 5.14. The number of nitrogens with zero attached hydrogens (tertiary/aromatic N) is 5. The second-order valence-corrected chi connectivity index (χ2v) is 9.41. The van der Waals surface area contributed by atoms with Crippen molar-refractivity contribution >= 4 is 23.3 Å². The number of aromatic amines is 1. The molecule has 2 saturated heterocycles. The molecule has 1 aromatic heterocycles. The van der Waals surface area contributed by atoms with Crippen molar-refractivity contribution in [2.75, 3.05) is 26.2 Å². The summed E-state index contributed by atoms with van der Waals surface area (Å²) >= 11 is 6.10. The highest BCUT2D eigenvalue weighted by atomic mass is 35.5. The number of amidine groups is 2. The molecular formula is C23H30ClN7O. The van der Waals surface area contributed by atoms with Gasteiger partial charge in [0.05, 0.1) is 24.4 Å². The molecule has 9 heteroatoms. The largest absolute Gasteiger partial charge is 0.385 e. The van der Waals surface area contributed by atoms with E-state index < -0.39 is 0 Å². The number of hydrogen-bond acceptors (Lipinski definition) is 7. The van der Waals surface area contributed by atoms with Gasteiger partial charge in [0, 0.05) is 36.7 Å². The molecule has 2 aromatic rings. The smallest absolute Gasteiger partial charge is 0.135 e. The van der Waals surface area contributed by atoms with Crippen LogP contribution in [0.2, 0.25) is 5.02 Å². The Morgan fingerprint density at radius 1 is 1.19 bits per heavy atom. The van der Waals surface area contributed by atoms with Crippen LogP contribution in [0.1, 0.15) is 42.3 Å². The van der Waals surface area contributed by atoms with E-state index >= 15 is 0 Å². The van der Waals surface area contributed by atoms with Crippen LogP contribution in [0.15, 0.2) is 40.5 Å². The van der Waals surface area contributed by atoms with Crippen LogP contribution in [0, 0.1) is 6.92 Å². The third-order valence-electron chi connectivity index (χ3n) is 6.72. The summed E-state index contributed by atoms with van der Waals surface area (Å²) in [5, 5.41) is 16.5. The molecule has 0 radical (unpaired) electrons. The number of benzene rings is 1. The fraction of sp³-hybridized carbons (Fsp3) is 0.522. The van der Waals surface area contributed by atoms with Gasteiger partial charge in [-0.15, -0.1) is 10.2 Å². The van der Waals surface area contributed by atoms with Gasteiger partial charge >= 0.3 is 0 Å². The first-order valence-corrected chi connectivity index (χ1v) is 11.7. The van der Waals surface area contributed by atoms with Crippen LogP contribution >= 0.6 is 11.6 Å². The number of H-pyrrole nitrogens is 1. The van der Waals surface area contributed by atoms with E-state index in [1.54, 1.807) is 0 Å². The van der Waals surface area contributed by atoms with Crippen molar-refractivity contribution in [2.24, 2.45) is 15.9 Å². The normalized spacial score (nSPS) is 25.1. The van der Waals surface area contributed by atoms with Crippen molar-refractivity contribution in [3.63, 3.8) is 0 Å². The van der Waals surface area contributed by atoms with Crippen LogP contribution in [0.25, 0.3) is 0 Å². The van der Waals surface area contributed by atoms with Gasteiger partial charge in [0.25, 0.3) is 0 Å². The molecular weight excluding hydrogens is 426 g/mol. The number of rotatable bonds is 4. The van der Waals surface area contributed by atoms with E-state index in [9.17, 15) is 0 Å². The van der Waals surface area contributed by atoms with Gasteiger partial charge in [-0.1, -0.05) is 23.7 Å². The maximum Gasteiger partial charge on any atom is 0.135 e. The Hall–Kier alpha value is -2.42. The number of aromatic nitrogens is 2. The fourth-order valence-electron chi connectivity index (χ4n) is 5.01. The lowest BCUT2D eigenvalue weighted by Gasteiger charge is -2.46. The minimum atomic E-state index is 0.0168. The Morgan fingerprint density at radius 2 is 1.97 bits per heavy atom. The zero-order valence-electron chi connectivity index (χ0n) is 18.4. The highest BCUT2D eigenvalue weighted by Crippen LogP contribution is 2.31. The second-order valence-electron chi connectivity index (χ2n) is 8.97. The van der Waals surface area contributed by atoms with Crippen molar-refractivity contribution in [3.05, 3.63) is 52.3 Å². The number of morpholine rings is 1. The number of ether oxygens (including phenoxy) is 1. The molecule has 4 heterocycles. The molecule has 5 rings (SSSR count). The highest BCUT2D eigenvalue weighted by Gasteiger charge is 2.37.